The lowest BCUT2D eigenvalue weighted by Crippen LogP contribution is -2.24. The van der Waals surface area contributed by atoms with Gasteiger partial charge in [-0.25, -0.2) is 0 Å². The van der Waals surface area contributed by atoms with E-state index < -0.39 is 5.60 Å². The van der Waals surface area contributed by atoms with E-state index in [9.17, 15) is 5.11 Å². The van der Waals surface area contributed by atoms with E-state index in [2.05, 4.69) is 12.2 Å². The molecule has 0 heterocycles. The molecule has 0 radical (unpaired) electrons. The van der Waals surface area contributed by atoms with Crippen LogP contribution >= 0.6 is 0 Å². The van der Waals surface area contributed by atoms with Crippen molar-refractivity contribution in [3.8, 4) is 0 Å². The summed E-state index contributed by atoms with van der Waals surface area (Å²) in [5, 5.41) is 10.5. The molecule has 98 valence electrons. The van der Waals surface area contributed by atoms with Crippen LogP contribution in [0.2, 0.25) is 0 Å². The van der Waals surface area contributed by atoms with Gasteiger partial charge in [0, 0.05) is 0 Å². The van der Waals surface area contributed by atoms with Gasteiger partial charge in [0.2, 0.25) is 0 Å². The van der Waals surface area contributed by atoms with Crippen LogP contribution in [0.3, 0.4) is 0 Å². The molecule has 0 aliphatic heterocycles. The van der Waals surface area contributed by atoms with Gasteiger partial charge in [-0.05, 0) is 32.6 Å². The molecule has 1 atom stereocenters. The van der Waals surface area contributed by atoms with Crippen LogP contribution in [-0.4, -0.2) is 10.7 Å². The van der Waals surface area contributed by atoms with Crippen molar-refractivity contribution in [3.05, 3.63) is 24.3 Å². The van der Waals surface area contributed by atoms with Gasteiger partial charge >= 0.3 is 0 Å². The van der Waals surface area contributed by atoms with Crippen LogP contribution in [0.1, 0.15) is 71.1 Å². The van der Waals surface area contributed by atoms with Crippen molar-refractivity contribution < 1.29 is 5.11 Å². The Morgan fingerprint density at radius 3 is 2.29 bits per heavy atom. The van der Waals surface area contributed by atoms with Gasteiger partial charge in [0.05, 0.1) is 5.60 Å². The fourth-order valence-corrected chi connectivity index (χ4v) is 2.55. The molecule has 0 spiro atoms. The van der Waals surface area contributed by atoms with E-state index in [1.54, 1.807) is 0 Å². The third kappa shape index (κ3) is 6.68. The first-order chi connectivity index (χ1) is 8.27. The summed E-state index contributed by atoms with van der Waals surface area (Å²) in [6.45, 7) is 1.99. The average Bonchev–Trinajstić information content (AvgIpc) is 2.32. The van der Waals surface area contributed by atoms with Gasteiger partial charge < -0.3 is 5.11 Å². The molecule has 1 nitrogen and oxygen atoms in total. The highest BCUT2D eigenvalue weighted by Gasteiger charge is 2.20. The lowest BCUT2D eigenvalue weighted by atomic mass is 9.91. The summed E-state index contributed by atoms with van der Waals surface area (Å²) in [4.78, 5) is 0. The van der Waals surface area contributed by atoms with E-state index in [1.807, 2.05) is 19.1 Å². The molecule has 1 N–H and O–H groups in total. The van der Waals surface area contributed by atoms with Gasteiger partial charge in [-0.1, -0.05) is 62.8 Å². The molecule has 0 amide bonds. The monoisotopic (exact) mass is 236 g/mol. The SMILES string of the molecule is C/C=C\C1(O)C/C=C\CCCCCCCCC1. The highest BCUT2D eigenvalue weighted by atomic mass is 16.3. The van der Waals surface area contributed by atoms with Crippen LogP contribution in [0.25, 0.3) is 0 Å². The Bertz CT molecular complexity index is 242. The van der Waals surface area contributed by atoms with E-state index in [0.717, 1.165) is 19.3 Å². The van der Waals surface area contributed by atoms with Crippen molar-refractivity contribution >= 4 is 0 Å². The molecule has 0 aromatic rings. The summed E-state index contributed by atoms with van der Waals surface area (Å²) < 4.78 is 0. The van der Waals surface area contributed by atoms with Crippen molar-refractivity contribution in [1.82, 2.24) is 0 Å². The summed E-state index contributed by atoms with van der Waals surface area (Å²) in [7, 11) is 0. The van der Waals surface area contributed by atoms with E-state index >= 15 is 0 Å². The van der Waals surface area contributed by atoms with Crippen molar-refractivity contribution in [2.24, 2.45) is 0 Å². The van der Waals surface area contributed by atoms with Crippen molar-refractivity contribution in [2.75, 3.05) is 0 Å². The molecule has 0 bridgehead atoms. The largest absolute Gasteiger partial charge is 0.385 e. The molecule has 1 heteroatoms. The second-order valence-electron chi connectivity index (χ2n) is 5.29. The zero-order valence-corrected chi connectivity index (χ0v) is 11.3. The van der Waals surface area contributed by atoms with Crippen molar-refractivity contribution in [3.63, 3.8) is 0 Å². The molecular formula is C16H28O. The Morgan fingerprint density at radius 2 is 1.59 bits per heavy atom. The number of hydrogen-bond donors (Lipinski definition) is 1. The second-order valence-corrected chi connectivity index (χ2v) is 5.29. The topological polar surface area (TPSA) is 20.2 Å². The fraction of sp³-hybridized carbons (Fsp3) is 0.750. The fourth-order valence-electron chi connectivity index (χ4n) is 2.55. The number of rotatable bonds is 1. The van der Waals surface area contributed by atoms with E-state index in [1.165, 1.54) is 44.9 Å². The first-order valence-corrected chi connectivity index (χ1v) is 7.28. The lowest BCUT2D eigenvalue weighted by Gasteiger charge is -2.23. The Hall–Kier alpha value is -0.560. The van der Waals surface area contributed by atoms with Gasteiger partial charge in [-0.2, -0.15) is 0 Å². The van der Waals surface area contributed by atoms with Gasteiger partial charge in [0.25, 0.3) is 0 Å². The predicted octanol–water partition coefficient (Wildman–Crippen LogP) is 4.76. The normalized spacial score (nSPS) is 31.4. The first-order valence-electron chi connectivity index (χ1n) is 7.28. The minimum Gasteiger partial charge on any atom is -0.385 e. The average molecular weight is 236 g/mol. The maximum atomic E-state index is 10.5. The first kappa shape index (κ1) is 14.5. The number of aliphatic hydroxyl groups is 1. The Morgan fingerprint density at radius 1 is 0.941 bits per heavy atom. The Balaban J connectivity index is 2.50. The van der Waals surface area contributed by atoms with Gasteiger partial charge in [0.1, 0.15) is 0 Å². The molecule has 0 saturated carbocycles. The van der Waals surface area contributed by atoms with Crippen LogP contribution in [0.15, 0.2) is 24.3 Å². The second kappa shape index (κ2) is 8.52. The van der Waals surface area contributed by atoms with Crippen LogP contribution in [0.4, 0.5) is 0 Å². The Kier molecular flexibility index (Phi) is 7.27. The molecular weight excluding hydrogens is 208 g/mol. The van der Waals surface area contributed by atoms with Gasteiger partial charge in [-0.3, -0.25) is 0 Å². The van der Waals surface area contributed by atoms with Crippen molar-refractivity contribution in [1.29, 1.82) is 0 Å². The molecule has 0 saturated heterocycles. The predicted molar refractivity (Wildman–Crippen MR) is 75.1 cm³/mol. The zero-order valence-electron chi connectivity index (χ0n) is 11.3. The maximum Gasteiger partial charge on any atom is 0.0861 e. The lowest BCUT2D eigenvalue weighted by molar-refractivity contribution is 0.0813. The standard InChI is InChI=1S/C16H28O/c1-2-13-16(17)14-11-9-7-5-3-4-6-8-10-12-15-16/h2,9,11,13,17H,3-8,10,12,14-15H2,1H3/b11-9-,13-2-. The third-order valence-corrected chi connectivity index (χ3v) is 3.60. The minimum absolute atomic E-state index is 0.598. The van der Waals surface area contributed by atoms with Gasteiger partial charge in [0.15, 0.2) is 0 Å². The number of hydrogen-bond acceptors (Lipinski definition) is 1. The molecule has 17 heavy (non-hydrogen) atoms. The summed E-state index contributed by atoms with van der Waals surface area (Å²) in [5.74, 6) is 0. The van der Waals surface area contributed by atoms with Crippen LogP contribution in [0, 0.1) is 0 Å². The number of allylic oxidation sites excluding steroid dienone is 2. The summed E-state index contributed by atoms with van der Waals surface area (Å²) in [6, 6.07) is 0. The minimum atomic E-state index is -0.598. The maximum absolute atomic E-state index is 10.5. The molecule has 0 aromatic carbocycles. The van der Waals surface area contributed by atoms with E-state index in [-0.39, 0.29) is 0 Å². The van der Waals surface area contributed by atoms with Gasteiger partial charge in [-0.15, -0.1) is 0 Å². The van der Waals surface area contributed by atoms with Crippen LogP contribution < -0.4 is 0 Å². The third-order valence-electron chi connectivity index (χ3n) is 3.60. The van der Waals surface area contributed by atoms with Crippen LogP contribution in [-0.2, 0) is 0 Å². The quantitative estimate of drug-likeness (QED) is 0.650. The molecule has 0 aromatic heterocycles. The smallest absolute Gasteiger partial charge is 0.0861 e. The highest BCUT2D eigenvalue weighted by molar-refractivity contribution is 5.04. The highest BCUT2D eigenvalue weighted by Crippen LogP contribution is 2.23. The van der Waals surface area contributed by atoms with E-state index in [0.29, 0.717) is 0 Å². The molecule has 1 aliphatic rings. The summed E-state index contributed by atoms with van der Waals surface area (Å²) in [5.41, 5.74) is -0.598. The summed E-state index contributed by atoms with van der Waals surface area (Å²) in [6.07, 6.45) is 20.4. The Labute approximate surface area is 107 Å². The van der Waals surface area contributed by atoms with E-state index in [4.69, 9.17) is 0 Å². The van der Waals surface area contributed by atoms with Crippen LogP contribution in [0.5, 0.6) is 0 Å². The molecule has 1 aliphatic carbocycles. The van der Waals surface area contributed by atoms with Crippen molar-refractivity contribution in [2.45, 2.75) is 76.7 Å². The summed E-state index contributed by atoms with van der Waals surface area (Å²) >= 11 is 0. The molecule has 1 unspecified atom stereocenters. The molecule has 0 fully saturated rings. The molecule has 1 rings (SSSR count). The zero-order chi connectivity index (χ0) is 12.4.